The SMILES string of the molecule is Cc1nnc2n(CCCN3CCN(Cc4ccccc4-c4ccccc4)CC3)c(=O)c3ccccc3n12. The average molecular weight is 493 g/mol. The van der Waals surface area contributed by atoms with Crippen molar-refractivity contribution in [2.24, 2.45) is 0 Å². The second-order valence-electron chi connectivity index (χ2n) is 9.85. The summed E-state index contributed by atoms with van der Waals surface area (Å²) in [5, 5.41) is 9.29. The van der Waals surface area contributed by atoms with Crippen LogP contribution in [0.2, 0.25) is 0 Å². The summed E-state index contributed by atoms with van der Waals surface area (Å²) in [6, 6.07) is 27.1. The van der Waals surface area contributed by atoms with E-state index in [-0.39, 0.29) is 5.56 Å². The van der Waals surface area contributed by atoms with Crippen molar-refractivity contribution in [1.29, 1.82) is 0 Å². The average Bonchev–Trinajstić information content (AvgIpc) is 3.33. The molecule has 2 aromatic heterocycles. The third-order valence-corrected chi connectivity index (χ3v) is 7.49. The maximum atomic E-state index is 13.2. The van der Waals surface area contributed by atoms with Crippen LogP contribution in [0.5, 0.6) is 0 Å². The lowest BCUT2D eigenvalue weighted by atomic mass is 9.99. The molecule has 0 bridgehead atoms. The zero-order valence-electron chi connectivity index (χ0n) is 21.3. The van der Waals surface area contributed by atoms with Crippen molar-refractivity contribution in [2.75, 3.05) is 32.7 Å². The monoisotopic (exact) mass is 492 g/mol. The Morgan fingerprint density at radius 3 is 2.30 bits per heavy atom. The van der Waals surface area contributed by atoms with E-state index in [1.807, 2.05) is 35.6 Å². The van der Waals surface area contributed by atoms with Crippen molar-refractivity contribution < 1.29 is 0 Å². The highest BCUT2D eigenvalue weighted by Crippen LogP contribution is 2.25. The third kappa shape index (κ3) is 4.68. The largest absolute Gasteiger partial charge is 0.301 e. The number of aryl methyl sites for hydroxylation is 2. The van der Waals surface area contributed by atoms with Crippen molar-refractivity contribution in [3.05, 3.63) is 101 Å². The molecule has 188 valence electrons. The first-order valence-electron chi connectivity index (χ1n) is 13.1. The molecule has 0 saturated carbocycles. The van der Waals surface area contributed by atoms with Crippen molar-refractivity contribution >= 4 is 16.7 Å². The summed E-state index contributed by atoms with van der Waals surface area (Å²) in [6.07, 6.45) is 0.899. The smallest absolute Gasteiger partial charge is 0.262 e. The quantitative estimate of drug-likeness (QED) is 0.340. The number of rotatable bonds is 7. The van der Waals surface area contributed by atoms with Crippen LogP contribution in [-0.2, 0) is 13.1 Å². The minimum atomic E-state index is 0.0115. The molecule has 0 radical (unpaired) electrons. The predicted octanol–water partition coefficient (Wildman–Crippen LogP) is 4.23. The fourth-order valence-corrected chi connectivity index (χ4v) is 5.52. The predicted molar refractivity (Wildman–Crippen MR) is 148 cm³/mol. The number of aromatic nitrogens is 4. The van der Waals surface area contributed by atoms with Gasteiger partial charge in [-0.3, -0.25) is 18.7 Å². The summed E-state index contributed by atoms with van der Waals surface area (Å²) in [7, 11) is 0. The van der Waals surface area contributed by atoms with E-state index >= 15 is 0 Å². The zero-order valence-corrected chi connectivity index (χ0v) is 21.3. The number of hydrogen-bond acceptors (Lipinski definition) is 5. The number of benzene rings is 3. The summed E-state index contributed by atoms with van der Waals surface area (Å²) in [4.78, 5) is 18.3. The van der Waals surface area contributed by atoms with Gasteiger partial charge in [0.1, 0.15) is 5.82 Å². The Morgan fingerprint density at radius 2 is 1.46 bits per heavy atom. The molecule has 7 heteroatoms. The fraction of sp³-hybridized carbons (Fsp3) is 0.300. The van der Waals surface area contributed by atoms with E-state index in [0.717, 1.165) is 57.0 Å². The van der Waals surface area contributed by atoms with Crippen molar-refractivity contribution in [1.82, 2.24) is 29.0 Å². The van der Waals surface area contributed by atoms with Gasteiger partial charge in [-0.2, -0.15) is 0 Å². The molecule has 0 atom stereocenters. The molecule has 3 aromatic carbocycles. The first-order valence-corrected chi connectivity index (χ1v) is 13.1. The Bertz CT molecular complexity index is 1580. The highest BCUT2D eigenvalue weighted by atomic mass is 16.1. The van der Waals surface area contributed by atoms with Gasteiger partial charge in [-0.25, -0.2) is 0 Å². The van der Waals surface area contributed by atoms with Crippen LogP contribution in [0.1, 0.15) is 17.8 Å². The highest BCUT2D eigenvalue weighted by molar-refractivity contribution is 5.80. The molecule has 7 nitrogen and oxygen atoms in total. The van der Waals surface area contributed by atoms with Gasteiger partial charge in [0.2, 0.25) is 5.78 Å². The van der Waals surface area contributed by atoms with E-state index in [1.54, 1.807) is 4.57 Å². The third-order valence-electron chi connectivity index (χ3n) is 7.49. The van der Waals surface area contributed by atoms with Crippen LogP contribution in [0.15, 0.2) is 83.7 Å². The van der Waals surface area contributed by atoms with Gasteiger partial charge in [0.25, 0.3) is 5.56 Å². The molecule has 0 spiro atoms. The van der Waals surface area contributed by atoms with Crippen LogP contribution in [0.3, 0.4) is 0 Å². The Morgan fingerprint density at radius 1 is 0.757 bits per heavy atom. The van der Waals surface area contributed by atoms with Crippen molar-refractivity contribution in [3.8, 4) is 11.1 Å². The summed E-state index contributed by atoms with van der Waals surface area (Å²) < 4.78 is 3.78. The van der Waals surface area contributed by atoms with Crippen LogP contribution < -0.4 is 5.56 Å². The molecule has 0 aliphatic carbocycles. The maximum absolute atomic E-state index is 13.2. The molecule has 0 amide bonds. The van der Waals surface area contributed by atoms with Gasteiger partial charge < -0.3 is 4.90 Å². The maximum Gasteiger partial charge on any atom is 0.262 e. The minimum absolute atomic E-state index is 0.0115. The first-order chi connectivity index (χ1) is 18.2. The van der Waals surface area contributed by atoms with Crippen molar-refractivity contribution in [3.63, 3.8) is 0 Å². The van der Waals surface area contributed by atoms with E-state index in [2.05, 4.69) is 74.6 Å². The second kappa shape index (κ2) is 10.3. The fourth-order valence-electron chi connectivity index (χ4n) is 5.52. The molecule has 0 unspecified atom stereocenters. The summed E-state index contributed by atoms with van der Waals surface area (Å²) in [5.74, 6) is 1.42. The van der Waals surface area contributed by atoms with E-state index in [0.29, 0.717) is 17.7 Å². The van der Waals surface area contributed by atoms with Crippen LogP contribution in [0, 0.1) is 6.92 Å². The normalized spacial score (nSPS) is 15.1. The van der Waals surface area contributed by atoms with Crippen LogP contribution in [0.25, 0.3) is 27.8 Å². The Labute approximate surface area is 216 Å². The molecule has 3 heterocycles. The molecule has 1 saturated heterocycles. The summed E-state index contributed by atoms with van der Waals surface area (Å²) in [5.41, 5.74) is 4.85. The zero-order chi connectivity index (χ0) is 25.2. The molecular formula is C30H32N6O. The summed E-state index contributed by atoms with van der Waals surface area (Å²) in [6.45, 7) is 8.68. The molecule has 1 aliphatic rings. The van der Waals surface area contributed by atoms with E-state index < -0.39 is 0 Å². The topological polar surface area (TPSA) is 58.7 Å². The number of piperazine rings is 1. The molecular weight excluding hydrogens is 460 g/mol. The molecule has 5 aromatic rings. The number of hydrogen-bond donors (Lipinski definition) is 0. The van der Waals surface area contributed by atoms with E-state index in [1.165, 1.54) is 16.7 Å². The molecule has 1 fully saturated rings. The van der Waals surface area contributed by atoms with Crippen molar-refractivity contribution in [2.45, 2.75) is 26.4 Å². The van der Waals surface area contributed by atoms with Gasteiger partial charge in [-0.15, -0.1) is 10.2 Å². The van der Waals surface area contributed by atoms with Gasteiger partial charge in [0, 0.05) is 39.3 Å². The molecule has 6 rings (SSSR count). The lowest BCUT2D eigenvalue weighted by Crippen LogP contribution is -2.46. The Hall–Kier alpha value is -3.81. The second-order valence-corrected chi connectivity index (χ2v) is 9.85. The Balaban J connectivity index is 1.08. The van der Waals surface area contributed by atoms with Gasteiger partial charge in [-0.1, -0.05) is 66.7 Å². The number of nitrogens with zero attached hydrogens (tertiary/aromatic N) is 6. The standard InChI is InChI=1S/C30H32N6O/c1-23-31-32-30-35(29(37)27-14-7-8-15-28(27)36(23)30)17-9-16-33-18-20-34(21-19-33)22-25-12-5-6-13-26(25)24-10-3-2-4-11-24/h2-8,10-15H,9,16-22H2,1H3. The van der Waals surface area contributed by atoms with Gasteiger partial charge in [-0.05, 0) is 48.7 Å². The van der Waals surface area contributed by atoms with Crippen LogP contribution in [-0.4, -0.2) is 61.7 Å². The number of para-hydroxylation sites is 1. The van der Waals surface area contributed by atoms with Crippen LogP contribution >= 0.6 is 0 Å². The Kier molecular flexibility index (Phi) is 6.55. The first kappa shape index (κ1) is 23.6. The van der Waals surface area contributed by atoms with Gasteiger partial charge >= 0.3 is 0 Å². The minimum Gasteiger partial charge on any atom is -0.301 e. The van der Waals surface area contributed by atoms with E-state index in [4.69, 9.17) is 0 Å². The number of fused-ring (bicyclic) bond motifs is 3. The van der Waals surface area contributed by atoms with Gasteiger partial charge in [0.05, 0.1) is 10.9 Å². The van der Waals surface area contributed by atoms with Crippen LogP contribution in [0.4, 0.5) is 0 Å². The highest BCUT2D eigenvalue weighted by Gasteiger charge is 2.19. The molecule has 37 heavy (non-hydrogen) atoms. The van der Waals surface area contributed by atoms with E-state index in [9.17, 15) is 4.79 Å². The lowest BCUT2D eigenvalue weighted by Gasteiger charge is -2.35. The summed E-state index contributed by atoms with van der Waals surface area (Å²) >= 11 is 0. The molecule has 1 aliphatic heterocycles. The lowest BCUT2D eigenvalue weighted by molar-refractivity contribution is 0.125. The van der Waals surface area contributed by atoms with Gasteiger partial charge in [0.15, 0.2) is 0 Å². The molecule has 0 N–H and O–H groups in total.